The Balaban J connectivity index is 2.74. The van der Waals surface area contributed by atoms with Crippen molar-refractivity contribution in [3.05, 3.63) is 11.3 Å². The lowest BCUT2D eigenvalue weighted by atomic mass is 10.0. The van der Waals surface area contributed by atoms with Gasteiger partial charge in [0.2, 0.25) is 5.91 Å². The van der Waals surface area contributed by atoms with Crippen LogP contribution in [0.3, 0.4) is 0 Å². The highest BCUT2D eigenvalue weighted by molar-refractivity contribution is 5.94. The number of hydrogen-bond acceptors (Lipinski definition) is 6. The number of likely N-dealkylation sites (N-methyl/N-ethyl adjacent to an activating group) is 1. The van der Waals surface area contributed by atoms with E-state index >= 15 is 0 Å². The Morgan fingerprint density at radius 3 is 2.71 bits per heavy atom. The van der Waals surface area contributed by atoms with Gasteiger partial charge in [-0.3, -0.25) is 9.69 Å². The predicted octanol–water partition coefficient (Wildman–Crippen LogP) is -0.801. The van der Waals surface area contributed by atoms with E-state index in [2.05, 4.69) is 16.0 Å². The molecule has 136 valence electrons. The maximum atomic E-state index is 12.1. The number of carbonyl (C=O) groups is 3. The average Bonchev–Trinajstić information content (AvgIpc) is 2.46. The van der Waals surface area contributed by atoms with Crippen molar-refractivity contribution in [2.75, 3.05) is 47.0 Å². The van der Waals surface area contributed by atoms with E-state index in [0.29, 0.717) is 24.4 Å². The summed E-state index contributed by atoms with van der Waals surface area (Å²) in [5.41, 5.74) is 0.806. The van der Waals surface area contributed by atoms with E-state index in [4.69, 9.17) is 9.47 Å². The molecule has 0 spiro atoms. The fraction of sp³-hybridized carbons (Fsp3) is 0.667. The van der Waals surface area contributed by atoms with E-state index < -0.39 is 12.0 Å². The van der Waals surface area contributed by atoms with Gasteiger partial charge in [0, 0.05) is 25.9 Å². The average molecular weight is 342 g/mol. The first kappa shape index (κ1) is 19.9. The summed E-state index contributed by atoms with van der Waals surface area (Å²) >= 11 is 0. The van der Waals surface area contributed by atoms with Crippen molar-refractivity contribution in [3.8, 4) is 0 Å². The van der Waals surface area contributed by atoms with Crippen LogP contribution in [0.15, 0.2) is 11.3 Å². The molecular weight excluding hydrogens is 316 g/mol. The first-order chi connectivity index (χ1) is 11.4. The molecule has 3 N–H and O–H groups in total. The zero-order valence-corrected chi connectivity index (χ0v) is 14.6. The van der Waals surface area contributed by atoms with Crippen molar-refractivity contribution in [1.29, 1.82) is 0 Å². The van der Waals surface area contributed by atoms with Gasteiger partial charge in [-0.1, -0.05) is 0 Å². The molecule has 0 radical (unpaired) electrons. The van der Waals surface area contributed by atoms with Gasteiger partial charge in [-0.05, 0) is 20.9 Å². The summed E-state index contributed by atoms with van der Waals surface area (Å²) in [6, 6.07) is -0.847. The van der Waals surface area contributed by atoms with Gasteiger partial charge in [0.1, 0.15) is 0 Å². The lowest BCUT2D eigenvalue weighted by Gasteiger charge is -2.28. The second-order valence-electron chi connectivity index (χ2n) is 5.45. The maximum Gasteiger partial charge on any atom is 0.337 e. The Kier molecular flexibility index (Phi) is 8.20. The topological polar surface area (TPSA) is 109 Å². The minimum atomic E-state index is -0.481. The summed E-state index contributed by atoms with van der Waals surface area (Å²) in [5.74, 6) is -0.647. The van der Waals surface area contributed by atoms with Gasteiger partial charge in [-0.15, -0.1) is 0 Å². The molecule has 0 aliphatic carbocycles. The van der Waals surface area contributed by atoms with Crippen LogP contribution in [-0.2, 0) is 19.1 Å². The van der Waals surface area contributed by atoms with Gasteiger partial charge in [0.05, 0.1) is 31.4 Å². The molecule has 1 rings (SSSR count). The number of nitrogens with zero attached hydrogens (tertiary/aromatic N) is 1. The Hall–Kier alpha value is -2.13. The third-order valence-electron chi connectivity index (χ3n) is 3.34. The molecule has 0 saturated carbocycles. The number of nitrogens with one attached hydrogen (secondary N) is 3. The molecule has 0 saturated heterocycles. The number of ether oxygens (including phenoxy) is 2. The van der Waals surface area contributed by atoms with Crippen molar-refractivity contribution >= 4 is 17.9 Å². The molecule has 9 nitrogen and oxygen atoms in total. The summed E-state index contributed by atoms with van der Waals surface area (Å²) in [7, 11) is 3.28. The van der Waals surface area contributed by atoms with Gasteiger partial charge in [-0.2, -0.15) is 0 Å². The van der Waals surface area contributed by atoms with Gasteiger partial charge in [-0.25, -0.2) is 9.59 Å². The zero-order chi connectivity index (χ0) is 18.1. The predicted molar refractivity (Wildman–Crippen MR) is 87.2 cm³/mol. The second kappa shape index (κ2) is 9.89. The summed E-state index contributed by atoms with van der Waals surface area (Å²) in [5, 5.41) is 7.97. The van der Waals surface area contributed by atoms with Gasteiger partial charge in [0.15, 0.2) is 0 Å². The fourth-order valence-corrected chi connectivity index (χ4v) is 2.32. The Bertz CT molecular complexity index is 506. The molecule has 0 bridgehead atoms. The first-order valence-electron chi connectivity index (χ1n) is 7.80. The van der Waals surface area contributed by atoms with E-state index in [1.165, 1.54) is 0 Å². The molecule has 1 atom stereocenters. The first-order valence-corrected chi connectivity index (χ1v) is 7.80. The van der Waals surface area contributed by atoms with Crippen molar-refractivity contribution in [2.24, 2.45) is 0 Å². The largest absolute Gasteiger partial charge is 0.463 e. The smallest absolute Gasteiger partial charge is 0.337 e. The molecule has 1 aliphatic rings. The Morgan fingerprint density at radius 2 is 2.08 bits per heavy atom. The number of amides is 3. The van der Waals surface area contributed by atoms with Crippen LogP contribution in [0.2, 0.25) is 0 Å². The molecular formula is C15H26N4O5. The molecule has 9 heteroatoms. The number of esters is 1. The van der Waals surface area contributed by atoms with Crippen molar-refractivity contribution in [2.45, 2.75) is 19.9 Å². The lowest BCUT2D eigenvalue weighted by Crippen LogP contribution is -2.51. The van der Waals surface area contributed by atoms with Crippen LogP contribution in [0.25, 0.3) is 0 Å². The summed E-state index contributed by atoms with van der Waals surface area (Å²) in [6.07, 6.45) is 0. The quantitative estimate of drug-likeness (QED) is 0.374. The normalized spacial score (nSPS) is 17.4. The van der Waals surface area contributed by atoms with Crippen molar-refractivity contribution in [1.82, 2.24) is 20.9 Å². The van der Waals surface area contributed by atoms with Crippen molar-refractivity contribution in [3.63, 3.8) is 0 Å². The third kappa shape index (κ3) is 6.17. The van der Waals surface area contributed by atoms with Gasteiger partial charge >= 0.3 is 12.0 Å². The summed E-state index contributed by atoms with van der Waals surface area (Å²) < 4.78 is 9.91. The lowest BCUT2D eigenvalue weighted by molar-refractivity contribution is -0.139. The molecule has 24 heavy (non-hydrogen) atoms. The number of rotatable bonds is 9. The van der Waals surface area contributed by atoms with E-state index in [-0.39, 0.29) is 31.6 Å². The molecule has 3 amide bonds. The van der Waals surface area contributed by atoms with Crippen LogP contribution in [0.5, 0.6) is 0 Å². The van der Waals surface area contributed by atoms with Crippen molar-refractivity contribution < 1.29 is 23.9 Å². The highest BCUT2D eigenvalue weighted by atomic mass is 16.5. The monoisotopic (exact) mass is 342 g/mol. The molecule has 0 aromatic rings. The van der Waals surface area contributed by atoms with Crippen LogP contribution in [0, 0.1) is 0 Å². The second-order valence-corrected chi connectivity index (χ2v) is 5.45. The molecule has 0 aromatic heterocycles. The minimum Gasteiger partial charge on any atom is -0.463 e. The van der Waals surface area contributed by atoms with Crippen LogP contribution in [0.4, 0.5) is 4.79 Å². The number of methoxy groups -OCH3 is 1. The molecule has 0 unspecified atom stereocenters. The summed E-state index contributed by atoms with van der Waals surface area (Å²) in [6.45, 7) is 4.90. The number of carbonyl (C=O) groups excluding carboxylic acids is 3. The standard InChI is InChI=1S/C15H26N4O5/c1-5-24-14(21)13-10(2)17-15(22)18-11(13)8-19(3)9-12(20)16-6-7-23-4/h10H,5-9H2,1-4H3,(H,16,20)(H2,17,18,22)/t10-/m0/s1. The number of urea groups is 1. The summed E-state index contributed by atoms with van der Waals surface area (Å²) in [4.78, 5) is 37.3. The fourth-order valence-electron chi connectivity index (χ4n) is 2.32. The SMILES string of the molecule is CCOC(=O)C1=C(CN(C)CC(=O)NCCOC)NC(=O)N[C@H]1C. The zero-order valence-electron chi connectivity index (χ0n) is 14.6. The van der Waals surface area contributed by atoms with Crippen LogP contribution < -0.4 is 16.0 Å². The Labute approximate surface area is 141 Å². The Morgan fingerprint density at radius 1 is 1.38 bits per heavy atom. The number of hydrogen-bond donors (Lipinski definition) is 3. The van der Waals surface area contributed by atoms with E-state index in [0.717, 1.165) is 0 Å². The molecule has 1 heterocycles. The molecule has 1 aliphatic heterocycles. The minimum absolute atomic E-state index is 0.126. The van der Waals surface area contributed by atoms with Gasteiger partial charge in [0.25, 0.3) is 0 Å². The van der Waals surface area contributed by atoms with Crippen LogP contribution in [-0.4, -0.2) is 75.9 Å². The van der Waals surface area contributed by atoms with E-state index in [1.807, 2.05) is 0 Å². The molecule has 0 fully saturated rings. The third-order valence-corrected chi connectivity index (χ3v) is 3.34. The van der Waals surface area contributed by atoms with Gasteiger partial charge < -0.3 is 25.4 Å². The van der Waals surface area contributed by atoms with E-state index in [1.54, 1.807) is 32.9 Å². The highest BCUT2D eigenvalue weighted by Crippen LogP contribution is 2.15. The van der Waals surface area contributed by atoms with E-state index in [9.17, 15) is 14.4 Å². The van der Waals surface area contributed by atoms with Crippen LogP contribution >= 0.6 is 0 Å². The maximum absolute atomic E-state index is 12.1. The van der Waals surface area contributed by atoms with Crippen LogP contribution in [0.1, 0.15) is 13.8 Å². The molecule has 0 aromatic carbocycles. The highest BCUT2D eigenvalue weighted by Gasteiger charge is 2.30.